The van der Waals surface area contributed by atoms with Gasteiger partial charge in [-0.1, -0.05) is 32.1 Å². The van der Waals surface area contributed by atoms with Crippen molar-refractivity contribution in [3.63, 3.8) is 0 Å². The highest BCUT2D eigenvalue weighted by Gasteiger charge is 2.34. The van der Waals surface area contributed by atoms with Crippen molar-refractivity contribution in [2.45, 2.75) is 70.6 Å². The van der Waals surface area contributed by atoms with Crippen LogP contribution in [0.5, 0.6) is 0 Å². The summed E-state index contributed by atoms with van der Waals surface area (Å²) in [7, 11) is 0. The molecule has 0 bridgehead atoms. The minimum absolute atomic E-state index is 0.0364. The Hall–Kier alpha value is -3.12. The molecule has 1 unspecified atom stereocenters. The van der Waals surface area contributed by atoms with Gasteiger partial charge in [0.25, 0.3) is 17.5 Å². The lowest BCUT2D eigenvalue weighted by molar-refractivity contribution is -0.385. The fourth-order valence-corrected chi connectivity index (χ4v) is 3.69. The highest BCUT2D eigenvalue weighted by atomic mass is 16.6. The lowest BCUT2D eigenvalue weighted by Gasteiger charge is -2.25. The Morgan fingerprint density at radius 2 is 1.97 bits per heavy atom. The van der Waals surface area contributed by atoms with Gasteiger partial charge in [-0.3, -0.25) is 24.5 Å². The topological polar surface area (TPSA) is 195 Å². The van der Waals surface area contributed by atoms with E-state index in [2.05, 4.69) is 10.3 Å². The summed E-state index contributed by atoms with van der Waals surface area (Å²) in [6.07, 6.45) is 5.93. The predicted molar refractivity (Wildman–Crippen MR) is 116 cm³/mol. The van der Waals surface area contributed by atoms with Gasteiger partial charge in [0.1, 0.15) is 6.20 Å². The number of imide groups is 3. The van der Waals surface area contributed by atoms with Gasteiger partial charge in [-0.05, 0) is 25.7 Å². The molecule has 0 radical (unpaired) electrons. The van der Waals surface area contributed by atoms with Crippen LogP contribution >= 0.6 is 0 Å². The number of aliphatic hydroxyl groups excluding tert-OH is 1. The van der Waals surface area contributed by atoms with E-state index in [4.69, 9.17) is 11.5 Å². The number of hydrogen-bond acceptors (Lipinski definition) is 10. The van der Waals surface area contributed by atoms with Crippen molar-refractivity contribution in [1.82, 2.24) is 9.88 Å². The molecule has 0 spiro atoms. The minimum Gasteiger partial charge on any atom is -0.396 e. The van der Waals surface area contributed by atoms with Gasteiger partial charge in [0.15, 0.2) is 5.82 Å². The zero-order valence-corrected chi connectivity index (χ0v) is 18.0. The Balaban J connectivity index is 2.06. The van der Waals surface area contributed by atoms with E-state index in [0.717, 1.165) is 31.5 Å². The Kier molecular flexibility index (Phi) is 9.02. The molecule has 0 saturated heterocycles. The summed E-state index contributed by atoms with van der Waals surface area (Å²) in [4.78, 5) is 52.0. The number of carbonyl (C=O) groups excluding carboxylic acids is 3. The van der Waals surface area contributed by atoms with Crippen LogP contribution in [0, 0.1) is 16.0 Å². The lowest BCUT2D eigenvalue weighted by atomic mass is 9.86. The number of hydrogen-bond donors (Lipinski definition) is 4. The first-order chi connectivity index (χ1) is 15.1. The maximum atomic E-state index is 12.7. The summed E-state index contributed by atoms with van der Waals surface area (Å²) in [6, 6.07) is -0.149. The van der Waals surface area contributed by atoms with Gasteiger partial charge in [-0.15, -0.1) is 0 Å². The molecule has 12 heteroatoms. The zero-order valence-electron chi connectivity index (χ0n) is 18.0. The van der Waals surface area contributed by atoms with Crippen molar-refractivity contribution in [3.05, 3.63) is 22.4 Å². The fourth-order valence-electron chi connectivity index (χ4n) is 3.69. The highest BCUT2D eigenvalue weighted by molar-refractivity contribution is 6.13. The van der Waals surface area contributed by atoms with E-state index in [1.165, 1.54) is 26.2 Å². The summed E-state index contributed by atoms with van der Waals surface area (Å²) in [6.45, 7) is 1.33. The smallest absolute Gasteiger partial charge is 0.289 e. The van der Waals surface area contributed by atoms with Crippen LogP contribution in [0.15, 0.2) is 12.3 Å². The molecule has 6 N–H and O–H groups in total. The second-order valence-electron chi connectivity index (χ2n) is 8.03. The molecule has 32 heavy (non-hydrogen) atoms. The first-order valence-corrected chi connectivity index (χ1v) is 10.6. The van der Waals surface area contributed by atoms with Gasteiger partial charge in [0.05, 0.1) is 16.7 Å². The lowest BCUT2D eigenvalue weighted by Crippen LogP contribution is -2.53. The molecule has 12 nitrogen and oxygen atoms in total. The largest absolute Gasteiger partial charge is 0.396 e. The van der Waals surface area contributed by atoms with Gasteiger partial charge in [0, 0.05) is 12.5 Å². The quantitative estimate of drug-likeness (QED) is 0.242. The van der Waals surface area contributed by atoms with E-state index in [9.17, 15) is 29.6 Å². The molecule has 1 heterocycles. The number of nitro groups is 1. The van der Waals surface area contributed by atoms with Crippen LogP contribution in [0.1, 0.15) is 58.3 Å². The Morgan fingerprint density at radius 3 is 2.53 bits per heavy atom. The summed E-state index contributed by atoms with van der Waals surface area (Å²) < 4.78 is 0. The van der Waals surface area contributed by atoms with E-state index in [1.807, 2.05) is 0 Å². The van der Waals surface area contributed by atoms with E-state index in [-0.39, 0.29) is 23.6 Å². The maximum Gasteiger partial charge on any atom is 0.289 e. The Bertz CT molecular complexity index is 855. The molecule has 0 aromatic carbocycles. The third kappa shape index (κ3) is 6.69. The predicted octanol–water partition coefficient (Wildman–Crippen LogP) is 1.28. The van der Waals surface area contributed by atoms with Crippen LogP contribution in [0.4, 0.5) is 17.2 Å². The standard InChI is InChI=1S/C20H30N6O6/c1-12(21)19(29)25(16(27)9-5-8-13-6-3-2-4-7-13)20(30)18(28)24-17-15(22)10-14(11-23-17)26(31)32/h10-13,18,28H,2-9,21-22H2,1H3,(H,23,24)/t12-,18?/m0/s1. The molecule has 3 amide bonds. The molecule has 1 aliphatic carbocycles. The number of nitrogen functional groups attached to an aromatic ring is 1. The summed E-state index contributed by atoms with van der Waals surface area (Å²) >= 11 is 0. The molecule has 0 aliphatic heterocycles. The van der Waals surface area contributed by atoms with Gasteiger partial charge in [0.2, 0.25) is 12.1 Å². The zero-order chi connectivity index (χ0) is 23.8. The van der Waals surface area contributed by atoms with Crippen molar-refractivity contribution in [3.8, 4) is 0 Å². The molecule has 1 fully saturated rings. The number of nitrogens with zero attached hydrogens (tertiary/aromatic N) is 3. The normalized spacial score (nSPS) is 16.1. The number of aromatic nitrogens is 1. The molecule has 1 aromatic rings. The molecule has 176 valence electrons. The average Bonchev–Trinajstić information content (AvgIpc) is 2.75. The van der Waals surface area contributed by atoms with Crippen molar-refractivity contribution >= 4 is 34.9 Å². The first-order valence-electron chi connectivity index (χ1n) is 10.6. The summed E-state index contributed by atoms with van der Waals surface area (Å²) in [5.41, 5.74) is 10.7. The van der Waals surface area contributed by atoms with E-state index in [0.29, 0.717) is 17.2 Å². The van der Waals surface area contributed by atoms with Crippen LogP contribution in [0.2, 0.25) is 0 Å². The van der Waals surface area contributed by atoms with Crippen molar-refractivity contribution < 1.29 is 24.4 Å². The van der Waals surface area contributed by atoms with Gasteiger partial charge < -0.3 is 21.9 Å². The average molecular weight is 450 g/mol. The van der Waals surface area contributed by atoms with Crippen LogP contribution < -0.4 is 16.8 Å². The SMILES string of the molecule is C[C@H](N)C(=O)N(C(=O)CCCC1CCCCC1)C(=O)C(O)Nc1ncc([N+](=O)[O-])cc1N. The fraction of sp³-hybridized carbons (Fsp3) is 0.600. The molecule has 2 atom stereocenters. The van der Waals surface area contributed by atoms with Crippen LogP contribution in [-0.2, 0) is 14.4 Å². The number of aliphatic hydroxyl groups is 1. The number of nitrogens with two attached hydrogens (primary N) is 2. The number of amides is 3. The number of nitrogens with one attached hydrogen (secondary N) is 1. The van der Waals surface area contributed by atoms with Crippen LogP contribution in [-0.4, -0.2) is 49.9 Å². The van der Waals surface area contributed by atoms with Crippen molar-refractivity contribution in [2.24, 2.45) is 11.7 Å². The Labute approximate surface area is 185 Å². The Morgan fingerprint density at radius 1 is 1.31 bits per heavy atom. The third-order valence-corrected chi connectivity index (χ3v) is 5.43. The van der Waals surface area contributed by atoms with Crippen LogP contribution in [0.25, 0.3) is 0 Å². The number of rotatable bonds is 9. The molecular formula is C20H30N6O6. The molecular weight excluding hydrogens is 420 g/mol. The molecule has 1 aromatic heterocycles. The van der Waals surface area contributed by atoms with E-state index >= 15 is 0 Å². The van der Waals surface area contributed by atoms with Gasteiger partial charge in [-0.25, -0.2) is 9.88 Å². The number of anilines is 2. The maximum absolute atomic E-state index is 12.7. The van der Waals surface area contributed by atoms with Gasteiger partial charge in [-0.2, -0.15) is 0 Å². The minimum atomic E-state index is -2.05. The van der Waals surface area contributed by atoms with E-state index < -0.39 is 34.9 Å². The monoisotopic (exact) mass is 450 g/mol. The summed E-state index contributed by atoms with van der Waals surface area (Å²) in [5.74, 6) is -2.60. The van der Waals surface area contributed by atoms with Crippen molar-refractivity contribution in [2.75, 3.05) is 11.1 Å². The molecule has 1 aliphatic rings. The second-order valence-corrected chi connectivity index (χ2v) is 8.03. The first kappa shape index (κ1) is 25.1. The van der Waals surface area contributed by atoms with E-state index in [1.54, 1.807) is 0 Å². The summed E-state index contributed by atoms with van der Waals surface area (Å²) in [5, 5.41) is 23.3. The highest BCUT2D eigenvalue weighted by Crippen LogP contribution is 2.28. The molecule has 1 saturated carbocycles. The van der Waals surface area contributed by atoms with Gasteiger partial charge >= 0.3 is 0 Å². The van der Waals surface area contributed by atoms with Crippen molar-refractivity contribution in [1.29, 1.82) is 0 Å². The number of carbonyl (C=O) groups is 3. The number of pyridine rings is 1. The molecule has 2 rings (SSSR count). The third-order valence-electron chi connectivity index (χ3n) is 5.43. The van der Waals surface area contributed by atoms with Crippen LogP contribution in [0.3, 0.4) is 0 Å². The second kappa shape index (κ2) is 11.5.